The molecule has 3 aromatic rings. The number of imidazole rings is 1. The van der Waals surface area contributed by atoms with Gasteiger partial charge in [-0.1, -0.05) is 11.3 Å². The van der Waals surface area contributed by atoms with Crippen LogP contribution in [0.15, 0.2) is 23.4 Å². The van der Waals surface area contributed by atoms with E-state index < -0.39 is 27.0 Å². The minimum atomic E-state index is -3.94. The number of aromatic nitrogens is 4. The summed E-state index contributed by atoms with van der Waals surface area (Å²) in [5, 5.41) is 7.23. The van der Waals surface area contributed by atoms with Crippen LogP contribution in [0, 0.1) is 0 Å². The Balaban J connectivity index is 1.33. The van der Waals surface area contributed by atoms with Crippen LogP contribution >= 0.6 is 24.2 Å². The monoisotopic (exact) mass is 684 g/mol. The summed E-state index contributed by atoms with van der Waals surface area (Å²) in [7, 11) is -2.12. The summed E-state index contributed by atoms with van der Waals surface area (Å²) in [6.45, 7) is 10.2. The first-order valence-electron chi connectivity index (χ1n) is 15.2. The number of amides is 2. The number of hydrogen-bond acceptors (Lipinski definition) is 10. The number of carbonyl (C=O) groups excluding carboxylic acids is 1. The normalized spacial score (nSPS) is 23.2. The average Bonchev–Trinajstić information content (AvgIpc) is 3.46. The Labute approximate surface area is 271 Å². The Morgan fingerprint density at radius 1 is 1.22 bits per heavy atom. The number of hydrogen-bond donors (Lipinski definition) is 2. The molecule has 17 heteroatoms. The van der Waals surface area contributed by atoms with E-state index in [-0.39, 0.29) is 37.7 Å². The lowest BCUT2D eigenvalue weighted by molar-refractivity contribution is -0.766. The van der Waals surface area contributed by atoms with E-state index in [1.165, 1.54) is 19.0 Å². The predicted molar refractivity (Wildman–Crippen MR) is 171 cm³/mol. The maximum atomic E-state index is 13.9. The Morgan fingerprint density at radius 3 is 2.49 bits per heavy atom. The third-order valence-electron chi connectivity index (χ3n) is 9.34. The van der Waals surface area contributed by atoms with Crippen molar-refractivity contribution < 1.29 is 25.9 Å². The van der Waals surface area contributed by atoms with Crippen molar-refractivity contribution in [1.82, 2.24) is 34.1 Å². The lowest BCUT2D eigenvalue weighted by Crippen LogP contribution is -2.69. The number of alkyl halides is 2. The second-order valence-electron chi connectivity index (χ2n) is 12.9. The fourth-order valence-electron chi connectivity index (χ4n) is 6.34. The molecule has 1 aliphatic carbocycles. The van der Waals surface area contributed by atoms with Gasteiger partial charge in [-0.25, -0.2) is 31.7 Å². The smallest absolute Gasteiger partial charge is 0.358 e. The van der Waals surface area contributed by atoms with Crippen LogP contribution in [0.25, 0.3) is 16.3 Å². The number of likely N-dealkylation sites (N-methyl/N-ethyl adjacent to an activating group) is 1. The number of anilines is 1. The molecule has 0 bridgehead atoms. The fraction of sp³-hybridized carbons (Fsp3) is 0.643. The maximum Gasteiger partial charge on any atom is 0.430 e. The van der Waals surface area contributed by atoms with E-state index in [0.29, 0.717) is 42.2 Å². The van der Waals surface area contributed by atoms with Crippen LogP contribution in [-0.4, -0.2) is 112 Å². The van der Waals surface area contributed by atoms with Gasteiger partial charge in [0.05, 0.1) is 43.3 Å². The number of thiol groups is 1. The molecule has 1 N–H and O–H groups in total. The zero-order chi connectivity index (χ0) is 32.3. The van der Waals surface area contributed by atoms with Crippen LogP contribution in [0.1, 0.15) is 57.9 Å². The molecule has 2 amide bonds. The number of pyridine rings is 1. The van der Waals surface area contributed by atoms with Gasteiger partial charge < -0.3 is 9.80 Å². The van der Waals surface area contributed by atoms with Gasteiger partial charge in [0.1, 0.15) is 17.0 Å². The highest BCUT2D eigenvalue weighted by atomic mass is 32.2. The van der Waals surface area contributed by atoms with Crippen molar-refractivity contribution in [2.75, 3.05) is 51.2 Å². The van der Waals surface area contributed by atoms with Gasteiger partial charge in [-0.15, -0.1) is 10.2 Å². The molecule has 6 rings (SSSR count). The van der Waals surface area contributed by atoms with Gasteiger partial charge >= 0.3 is 6.03 Å². The van der Waals surface area contributed by atoms with Crippen molar-refractivity contribution in [3.05, 3.63) is 23.5 Å². The number of piperazine rings is 1. The molecule has 3 aromatic heterocycles. The predicted octanol–water partition coefficient (Wildman–Crippen LogP) is 4.03. The van der Waals surface area contributed by atoms with Crippen molar-refractivity contribution in [1.29, 1.82) is 0 Å². The number of nitrogens with one attached hydrogen (secondary N) is 1. The SMILES string of the molecule is C[C@H]1CN(c2cc(S(=O)(=O)NC3(C)CC3)cn3c(-c4nnc(C(F)F)s4)ncc23)C[C@H](C)[N+]1(S)C(=O)N(C)CCN1CCCC1. The number of fused-ring (bicyclic) bond motifs is 1. The maximum absolute atomic E-state index is 13.9. The topological polar surface area (TPSA) is 116 Å². The van der Waals surface area contributed by atoms with E-state index in [4.69, 9.17) is 12.8 Å². The van der Waals surface area contributed by atoms with Crippen molar-refractivity contribution in [3.63, 3.8) is 0 Å². The molecule has 0 spiro atoms. The van der Waals surface area contributed by atoms with Crippen LogP contribution in [-0.2, 0) is 10.0 Å². The molecule has 5 heterocycles. The molecule has 0 unspecified atom stereocenters. The molecule has 45 heavy (non-hydrogen) atoms. The third-order valence-corrected chi connectivity index (χ3v) is 12.8. The van der Waals surface area contributed by atoms with E-state index in [9.17, 15) is 22.0 Å². The van der Waals surface area contributed by atoms with Crippen LogP contribution in [0.4, 0.5) is 19.3 Å². The quantitative estimate of drug-likeness (QED) is 0.257. The molecule has 1 saturated carbocycles. The molecular weight excluding hydrogens is 645 g/mol. The first-order chi connectivity index (χ1) is 21.2. The highest BCUT2D eigenvalue weighted by Gasteiger charge is 2.51. The van der Waals surface area contributed by atoms with Gasteiger partial charge in [0.2, 0.25) is 10.0 Å². The van der Waals surface area contributed by atoms with Gasteiger partial charge in [0.15, 0.2) is 15.8 Å². The lowest BCUT2D eigenvalue weighted by Gasteiger charge is -2.48. The number of carbonyl (C=O) groups is 1. The highest BCUT2D eigenvalue weighted by Crippen LogP contribution is 2.39. The van der Waals surface area contributed by atoms with E-state index >= 15 is 0 Å². The number of sulfonamides is 1. The molecule has 2 aliphatic heterocycles. The molecule has 3 fully saturated rings. The highest BCUT2D eigenvalue weighted by molar-refractivity contribution is 7.89. The number of likely N-dealkylation sites (tertiary alicyclic amines) is 1. The Morgan fingerprint density at radius 2 is 1.89 bits per heavy atom. The van der Waals surface area contributed by atoms with Gasteiger partial charge in [-0.2, -0.15) is 3.89 Å². The number of nitrogens with zero attached hydrogens (tertiary/aromatic N) is 8. The van der Waals surface area contributed by atoms with E-state index in [1.807, 2.05) is 27.8 Å². The van der Waals surface area contributed by atoms with Gasteiger partial charge in [-0.3, -0.25) is 9.30 Å². The summed E-state index contributed by atoms with van der Waals surface area (Å²) in [5.74, 6) is 0.220. The molecule has 0 radical (unpaired) electrons. The molecule has 3 aliphatic rings. The van der Waals surface area contributed by atoms with Crippen molar-refractivity contribution in [2.24, 2.45) is 0 Å². The summed E-state index contributed by atoms with van der Waals surface area (Å²) >= 11 is 5.72. The van der Waals surface area contributed by atoms with Crippen molar-refractivity contribution >= 4 is 51.4 Å². The second kappa shape index (κ2) is 12.0. The largest absolute Gasteiger partial charge is 0.430 e. The summed E-state index contributed by atoms with van der Waals surface area (Å²) in [6.07, 6.45) is 4.11. The summed E-state index contributed by atoms with van der Waals surface area (Å²) in [5.41, 5.74) is 0.683. The summed E-state index contributed by atoms with van der Waals surface area (Å²) < 4.78 is 58.2. The molecule has 12 nitrogen and oxygen atoms in total. The minimum Gasteiger partial charge on any atom is -0.358 e. The molecule has 2 atom stereocenters. The van der Waals surface area contributed by atoms with E-state index in [1.54, 1.807) is 21.6 Å². The Hall–Kier alpha value is -2.44. The molecule has 246 valence electrons. The standard InChI is InChI=1S/C28H40F2N9O3S3/c1-18-15-37(16-19(2)39(18,43)27(40)35(4)11-12-36-9-5-6-10-36)21-13-20(45(41,42)34-28(3)7-8-28)17-38-22(21)14-31-24(38)26-33-32-25(44-26)23(29)30/h13-14,17-19,23,34,43H,5-12,15-16H2,1-4H3/q+1/t18-,19-/m0/s1. The molecular formula is C28H40F2N9O3S3+. The second-order valence-corrected chi connectivity index (χ2v) is 16.3. The van der Waals surface area contributed by atoms with Crippen molar-refractivity contribution in [2.45, 2.75) is 75.4 Å². The van der Waals surface area contributed by atoms with Crippen LogP contribution in [0.2, 0.25) is 0 Å². The zero-order valence-electron chi connectivity index (χ0n) is 25.9. The van der Waals surface area contributed by atoms with Gasteiger partial charge in [0, 0.05) is 31.9 Å². The number of quaternary nitrogens is 1. The minimum absolute atomic E-state index is 0.0196. The first kappa shape index (κ1) is 32.5. The Bertz CT molecular complexity index is 1680. The lowest BCUT2D eigenvalue weighted by atomic mass is 10.1. The first-order valence-corrected chi connectivity index (χ1v) is 17.9. The zero-order valence-corrected chi connectivity index (χ0v) is 28.4. The van der Waals surface area contributed by atoms with E-state index in [2.05, 4.69) is 29.7 Å². The summed E-state index contributed by atoms with van der Waals surface area (Å²) in [4.78, 5) is 24.5. The number of halogens is 2. The van der Waals surface area contributed by atoms with Gasteiger partial charge in [0.25, 0.3) is 6.43 Å². The fourth-order valence-corrected chi connectivity index (χ4v) is 8.81. The molecule has 0 aromatic carbocycles. The van der Waals surface area contributed by atoms with Crippen LogP contribution in [0.5, 0.6) is 0 Å². The number of rotatable bonds is 9. The molecule has 2 saturated heterocycles. The summed E-state index contributed by atoms with van der Waals surface area (Å²) in [6, 6.07) is 1.06. The van der Waals surface area contributed by atoms with Crippen LogP contribution in [0.3, 0.4) is 0 Å². The third kappa shape index (κ3) is 6.18. The average molecular weight is 685 g/mol. The Kier molecular flexibility index (Phi) is 8.65. The van der Waals surface area contributed by atoms with Crippen LogP contribution < -0.4 is 9.62 Å². The van der Waals surface area contributed by atoms with Crippen molar-refractivity contribution in [3.8, 4) is 10.8 Å². The van der Waals surface area contributed by atoms with E-state index in [0.717, 1.165) is 32.5 Å². The number of urea groups is 1. The van der Waals surface area contributed by atoms with Gasteiger partial charge in [-0.05, 0) is 65.6 Å².